The van der Waals surface area contributed by atoms with Gasteiger partial charge < -0.3 is 15.5 Å². The van der Waals surface area contributed by atoms with Gasteiger partial charge in [-0.05, 0) is 68.5 Å². The molecule has 0 spiro atoms. The van der Waals surface area contributed by atoms with Crippen LogP contribution in [0.2, 0.25) is 0 Å². The van der Waals surface area contributed by atoms with Gasteiger partial charge >= 0.3 is 0 Å². The summed E-state index contributed by atoms with van der Waals surface area (Å²) in [7, 11) is 0. The molecule has 188 valence electrons. The maximum absolute atomic E-state index is 13.9. The molecule has 35 heavy (non-hydrogen) atoms. The molecule has 2 aliphatic heterocycles. The highest BCUT2D eigenvalue weighted by Gasteiger charge is 2.23. The molecule has 1 atom stereocenters. The van der Waals surface area contributed by atoms with Crippen molar-refractivity contribution >= 4 is 11.8 Å². The lowest BCUT2D eigenvalue weighted by Crippen LogP contribution is -2.46. The van der Waals surface area contributed by atoms with Crippen LogP contribution in [0.1, 0.15) is 49.3 Å². The number of nitrogens with one attached hydrogen (secondary N) is 2. The van der Waals surface area contributed by atoms with Gasteiger partial charge in [-0.3, -0.25) is 14.5 Å². The third kappa shape index (κ3) is 8.15. The van der Waals surface area contributed by atoms with E-state index in [2.05, 4.69) is 20.4 Å². The summed E-state index contributed by atoms with van der Waals surface area (Å²) in [5.74, 6) is -0.212. The smallest absolute Gasteiger partial charge is 0.234 e. The maximum atomic E-state index is 13.9. The quantitative estimate of drug-likeness (QED) is 0.548. The van der Waals surface area contributed by atoms with Gasteiger partial charge in [0.2, 0.25) is 11.8 Å². The fourth-order valence-electron chi connectivity index (χ4n) is 5.10. The lowest BCUT2D eigenvalue weighted by molar-refractivity contribution is -0.123. The number of carbonyl (C=O) groups is 2. The Kier molecular flexibility index (Phi) is 9.26. The standard InChI is InChI=1S/C28H37FN4O2/c29-24-10-6-9-23(20-24)26(31-28(35)21-33-14-4-5-15-33)13-18-32-16-11-25(12-17-32)30-27(34)19-22-7-2-1-3-8-22/h1-3,6-10,20,25-26H,4-5,11-19,21H2,(H,30,34)(H,31,35)/t26-/m0/s1. The van der Waals surface area contributed by atoms with Crippen LogP contribution in [0.15, 0.2) is 54.6 Å². The highest BCUT2D eigenvalue weighted by Crippen LogP contribution is 2.20. The number of likely N-dealkylation sites (tertiary alicyclic amines) is 2. The second-order valence-corrected chi connectivity index (χ2v) is 9.79. The number of halogens is 1. The highest BCUT2D eigenvalue weighted by molar-refractivity contribution is 5.79. The maximum Gasteiger partial charge on any atom is 0.234 e. The van der Waals surface area contributed by atoms with Crippen LogP contribution in [0, 0.1) is 5.82 Å². The molecule has 2 amide bonds. The van der Waals surface area contributed by atoms with E-state index in [0.29, 0.717) is 13.0 Å². The molecular formula is C28H37FN4O2. The summed E-state index contributed by atoms with van der Waals surface area (Å²) in [6.45, 7) is 4.95. The van der Waals surface area contributed by atoms with Crippen molar-refractivity contribution in [3.63, 3.8) is 0 Å². The number of benzene rings is 2. The van der Waals surface area contributed by atoms with E-state index >= 15 is 0 Å². The van der Waals surface area contributed by atoms with Gasteiger partial charge in [-0.1, -0.05) is 42.5 Å². The first-order chi connectivity index (χ1) is 17.0. The topological polar surface area (TPSA) is 64.7 Å². The summed E-state index contributed by atoms with van der Waals surface area (Å²) in [6, 6.07) is 16.3. The number of amides is 2. The summed E-state index contributed by atoms with van der Waals surface area (Å²) in [6.07, 6.45) is 5.24. The van der Waals surface area contributed by atoms with E-state index < -0.39 is 0 Å². The Morgan fingerprint density at radius 3 is 2.37 bits per heavy atom. The summed E-state index contributed by atoms with van der Waals surface area (Å²) < 4.78 is 13.9. The van der Waals surface area contributed by atoms with Gasteiger partial charge in [0, 0.05) is 25.7 Å². The van der Waals surface area contributed by atoms with Crippen LogP contribution >= 0.6 is 0 Å². The number of piperidine rings is 1. The summed E-state index contributed by atoms with van der Waals surface area (Å²) in [5.41, 5.74) is 1.83. The van der Waals surface area contributed by atoms with Crippen LogP contribution in [0.3, 0.4) is 0 Å². The second-order valence-electron chi connectivity index (χ2n) is 9.79. The number of carbonyl (C=O) groups excluding carboxylic acids is 2. The molecular weight excluding hydrogens is 443 g/mol. The fourth-order valence-corrected chi connectivity index (χ4v) is 5.10. The minimum Gasteiger partial charge on any atom is -0.353 e. The predicted octanol–water partition coefficient (Wildman–Crippen LogP) is 3.29. The number of hydrogen-bond acceptors (Lipinski definition) is 4. The largest absolute Gasteiger partial charge is 0.353 e. The molecule has 0 radical (unpaired) electrons. The van der Waals surface area contributed by atoms with Crippen molar-refractivity contribution in [2.45, 2.75) is 50.6 Å². The van der Waals surface area contributed by atoms with E-state index in [4.69, 9.17) is 0 Å². The molecule has 0 aliphatic carbocycles. The van der Waals surface area contributed by atoms with Gasteiger partial charge in [0.25, 0.3) is 0 Å². The van der Waals surface area contributed by atoms with Crippen molar-refractivity contribution in [3.8, 4) is 0 Å². The van der Waals surface area contributed by atoms with Crippen LogP contribution in [0.25, 0.3) is 0 Å². The molecule has 2 saturated heterocycles. The van der Waals surface area contributed by atoms with Gasteiger partial charge in [-0.2, -0.15) is 0 Å². The molecule has 2 N–H and O–H groups in total. The van der Waals surface area contributed by atoms with E-state index in [0.717, 1.165) is 76.0 Å². The first-order valence-corrected chi connectivity index (χ1v) is 12.9. The first kappa shape index (κ1) is 25.3. The molecule has 2 aromatic rings. The zero-order chi connectivity index (χ0) is 24.5. The minimum absolute atomic E-state index is 0.000924. The highest BCUT2D eigenvalue weighted by atomic mass is 19.1. The van der Waals surface area contributed by atoms with Crippen molar-refractivity contribution in [3.05, 3.63) is 71.5 Å². The minimum atomic E-state index is -0.284. The molecule has 2 heterocycles. The van der Waals surface area contributed by atoms with Crippen LogP contribution in [-0.4, -0.2) is 66.9 Å². The average molecular weight is 481 g/mol. The van der Waals surface area contributed by atoms with Gasteiger partial charge in [-0.15, -0.1) is 0 Å². The van der Waals surface area contributed by atoms with Gasteiger partial charge in [0.05, 0.1) is 19.0 Å². The number of rotatable bonds is 10. The van der Waals surface area contributed by atoms with Crippen LogP contribution in [0.4, 0.5) is 4.39 Å². The normalized spacial score (nSPS) is 18.3. The van der Waals surface area contributed by atoms with Gasteiger partial charge in [0.15, 0.2) is 0 Å². The Balaban J connectivity index is 1.24. The third-order valence-electron chi connectivity index (χ3n) is 7.05. The Bertz CT molecular complexity index is 956. The zero-order valence-corrected chi connectivity index (χ0v) is 20.4. The Morgan fingerprint density at radius 1 is 0.914 bits per heavy atom. The van der Waals surface area contributed by atoms with Gasteiger partial charge in [0.1, 0.15) is 5.82 Å². The molecule has 2 aromatic carbocycles. The Labute approximate surface area is 207 Å². The second kappa shape index (κ2) is 12.8. The SMILES string of the molecule is O=C(Cc1ccccc1)NC1CCN(CC[C@H](NC(=O)CN2CCCC2)c2cccc(F)c2)CC1. The van der Waals surface area contributed by atoms with Crippen molar-refractivity contribution in [1.82, 2.24) is 20.4 Å². The summed E-state index contributed by atoms with van der Waals surface area (Å²) in [5, 5.41) is 6.33. The molecule has 0 bridgehead atoms. The van der Waals surface area contributed by atoms with Crippen molar-refractivity contribution in [2.75, 3.05) is 39.3 Å². The molecule has 0 aromatic heterocycles. The molecule has 0 unspecified atom stereocenters. The van der Waals surface area contributed by atoms with Crippen molar-refractivity contribution in [1.29, 1.82) is 0 Å². The van der Waals surface area contributed by atoms with Gasteiger partial charge in [-0.25, -0.2) is 4.39 Å². The van der Waals surface area contributed by atoms with Crippen molar-refractivity contribution in [2.24, 2.45) is 0 Å². The lowest BCUT2D eigenvalue weighted by Gasteiger charge is -2.33. The van der Waals surface area contributed by atoms with E-state index in [1.54, 1.807) is 6.07 Å². The molecule has 0 saturated carbocycles. The molecule has 2 fully saturated rings. The van der Waals surface area contributed by atoms with Crippen molar-refractivity contribution < 1.29 is 14.0 Å². The van der Waals surface area contributed by atoms with E-state index in [1.807, 2.05) is 36.4 Å². The van der Waals surface area contributed by atoms with E-state index in [9.17, 15) is 14.0 Å². The average Bonchev–Trinajstić information content (AvgIpc) is 3.36. The molecule has 2 aliphatic rings. The number of nitrogens with zero attached hydrogens (tertiary/aromatic N) is 2. The van der Waals surface area contributed by atoms with Crippen LogP contribution in [0.5, 0.6) is 0 Å². The predicted molar refractivity (Wildman–Crippen MR) is 135 cm³/mol. The molecule has 6 nitrogen and oxygen atoms in total. The summed E-state index contributed by atoms with van der Waals surface area (Å²) in [4.78, 5) is 29.6. The Morgan fingerprint density at radius 2 is 1.66 bits per heavy atom. The molecule has 7 heteroatoms. The summed E-state index contributed by atoms with van der Waals surface area (Å²) >= 11 is 0. The Hall–Kier alpha value is -2.77. The molecule has 4 rings (SSSR count). The first-order valence-electron chi connectivity index (χ1n) is 12.9. The monoisotopic (exact) mass is 480 g/mol. The third-order valence-corrected chi connectivity index (χ3v) is 7.05. The van der Waals surface area contributed by atoms with Crippen LogP contribution < -0.4 is 10.6 Å². The van der Waals surface area contributed by atoms with E-state index in [1.165, 1.54) is 12.1 Å². The lowest BCUT2D eigenvalue weighted by atomic mass is 10.0. The fraction of sp³-hybridized carbons (Fsp3) is 0.500. The van der Waals surface area contributed by atoms with Crippen LogP contribution in [-0.2, 0) is 16.0 Å². The zero-order valence-electron chi connectivity index (χ0n) is 20.4. The number of hydrogen-bond donors (Lipinski definition) is 2. The van der Waals surface area contributed by atoms with E-state index in [-0.39, 0.29) is 29.7 Å².